The minimum atomic E-state index is -0.930. The van der Waals surface area contributed by atoms with Crippen molar-refractivity contribution in [3.8, 4) is 0 Å². The molecule has 0 aromatic heterocycles. The third-order valence-corrected chi connectivity index (χ3v) is 4.36. The molecule has 4 nitrogen and oxygen atoms in total. The molecule has 0 radical (unpaired) electrons. The molecule has 4 heteroatoms. The molecule has 0 spiro atoms. The lowest BCUT2D eigenvalue weighted by Gasteiger charge is -2.38. The van der Waals surface area contributed by atoms with Gasteiger partial charge in [0.15, 0.2) is 0 Å². The predicted molar refractivity (Wildman–Crippen MR) is 74.7 cm³/mol. The number of rotatable bonds is 5. The summed E-state index contributed by atoms with van der Waals surface area (Å²) in [5.41, 5.74) is 0. The first kappa shape index (κ1) is 16.0. The van der Waals surface area contributed by atoms with Crippen molar-refractivity contribution in [2.24, 2.45) is 23.7 Å². The van der Waals surface area contributed by atoms with E-state index in [1.807, 2.05) is 6.92 Å². The van der Waals surface area contributed by atoms with E-state index >= 15 is 0 Å². The van der Waals surface area contributed by atoms with Crippen molar-refractivity contribution in [2.45, 2.75) is 47.0 Å². The molecule has 1 N–H and O–H groups in total. The highest BCUT2D eigenvalue weighted by Gasteiger charge is 2.37. The lowest BCUT2D eigenvalue weighted by atomic mass is 9.69. The summed E-state index contributed by atoms with van der Waals surface area (Å²) in [6, 6.07) is 0. The number of carboxylic acid groups (broad SMARTS) is 1. The van der Waals surface area contributed by atoms with Gasteiger partial charge < -0.3 is 10.0 Å². The summed E-state index contributed by atoms with van der Waals surface area (Å²) in [5, 5.41) is 8.90. The molecule has 1 saturated carbocycles. The zero-order valence-electron chi connectivity index (χ0n) is 12.6. The van der Waals surface area contributed by atoms with Crippen LogP contribution in [0.3, 0.4) is 0 Å². The molecule has 0 aromatic carbocycles. The molecule has 110 valence electrons. The van der Waals surface area contributed by atoms with Gasteiger partial charge in [-0.05, 0) is 37.5 Å². The number of hydrogen-bond donors (Lipinski definition) is 1. The molecule has 1 rings (SSSR count). The van der Waals surface area contributed by atoms with Gasteiger partial charge in [0.1, 0.15) is 6.54 Å². The topological polar surface area (TPSA) is 57.6 Å². The average molecular weight is 269 g/mol. The van der Waals surface area contributed by atoms with Crippen LogP contribution in [-0.2, 0) is 9.59 Å². The van der Waals surface area contributed by atoms with E-state index in [4.69, 9.17) is 5.11 Å². The summed E-state index contributed by atoms with van der Waals surface area (Å²) in [6.07, 6.45) is 3.16. The molecule has 0 bridgehead atoms. The van der Waals surface area contributed by atoms with Gasteiger partial charge in [0.2, 0.25) is 5.91 Å². The molecule has 1 aliphatic rings. The van der Waals surface area contributed by atoms with Crippen LogP contribution in [0.25, 0.3) is 0 Å². The van der Waals surface area contributed by atoms with Gasteiger partial charge in [-0.2, -0.15) is 0 Å². The number of carboxylic acids is 1. The monoisotopic (exact) mass is 269 g/mol. The van der Waals surface area contributed by atoms with Crippen LogP contribution in [0.5, 0.6) is 0 Å². The lowest BCUT2D eigenvalue weighted by Crippen LogP contribution is -2.44. The molecule has 3 atom stereocenters. The maximum Gasteiger partial charge on any atom is 0.323 e. The van der Waals surface area contributed by atoms with Gasteiger partial charge in [-0.1, -0.05) is 27.2 Å². The highest BCUT2D eigenvalue weighted by Crippen LogP contribution is 2.38. The number of carbonyl (C=O) groups is 2. The second-order valence-electron chi connectivity index (χ2n) is 6.18. The SMILES string of the molecule is CCN(CC(=O)O)C(=O)C1CC(C)CCC1C(C)C. The molecule has 1 aliphatic carbocycles. The Hall–Kier alpha value is -1.06. The number of aliphatic carboxylic acids is 1. The molecule has 0 saturated heterocycles. The van der Waals surface area contributed by atoms with E-state index in [9.17, 15) is 9.59 Å². The first-order chi connectivity index (χ1) is 8.86. The first-order valence-electron chi connectivity index (χ1n) is 7.37. The molecule has 1 fully saturated rings. The van der Waals surface area contributed by atoms with E-state index in [0.29, 0.717) is 24.3 Å². The molecule has 19 heavy (non-hydrogen) atoms. The van der Waals surface area contributed by atoms with Gasteiger partial charge in [0.05, 0.1) is 0 Å². The molecule has 1 amide bonds. The van der Waals surface area contributed by atoms with Gasteiger partial charge >= 0.3 is 5.97 Å². The van der Waals surface area contributed by atoms with E-state index in [1.165, 1.54) is 11.3 Å². The van der Waals surface area contributed by atoms with Crippen LogP contribution in [0.2, 0.25) is 0 Å². The normalized spacial score (nSPS) is 27.3. The molecular weight excluding hydrogens is 242 g/mol. The predicted octanol–water partition coefficient (Wildman–Crippen LogP) is 2.63. The Labute approximate surface area is 116 Å². The Morgan fingerprint density at radius 3 is 2.42 bits per heavy atom. The minimum absolute atomic E-state index is 0.00282. The summed E-state index contributed by atoms with van der Waals surface area (Å²) in [5.74, 6) is 0.544. The summed E-state index contributed by atoms with van der Waals surface area (Å²) in [4.78, 5) is 24.9. The van der Waals surface area contributed by atoms with Crippen LogP contribution in [0, 0.1) is 23.7 Å². The van der Waals surface area contributed by atoms with E-state index in [2.05, 4.69) is 20.8 Å². The quantitative estimate of drug-likeness (QED) is 0.834. The highest BCUT2D eigenvalue weighted by molar-refractivity contribution is 5.83. The van der Waals surface area contributed by atoms with E-state index in [-0.39, 0.29) is 18.4 Å². The molecule has 0 aliphatic heterocycles. The van der Waals surface area contributed by atoms with Crippen molar-refractivity contribution >= 4 is 11.9 Å². The van der Waals surface area contributed by atoms with E-state index < -0.39 is 5.97 Å². The van der Waals surface area contributed by atoms with Gasteiger partial charge in [-0.25, -0.2) is 0 Å². The Kier molecular flexibility index (Phi) is 5.83. The Morgan fingerprint density at radius 1 is 1.32 bits per heavy atom. The third kappa shape index (κ3) is 4.22. The summed E-state index contributed by atoms with van der Waals surface area (Å²) in [6.45, 7) is 8.65. The standard InChI is InChI=1S/C15H27NO3/c1-5-16(9-14(17)18)15(19)13-8-11(4)6-7-12(13)10(2)3/h10-13H,5-9H2,1-4H3,(H,17,18). The lowest BCUT2D eigenvalue weighted by molar-refractivity contribution is -0.148. The summed E-state index contributed by atoms with van der Waals surface area (Å²) >= 11 is 0. The zero-order valence-corrected chi connectivity index (χ0v) is 12.6. The fourth-order valence-corrected chi connectivity index (χ4v) is 3.23. The maximum absolute atomic E-state index is 12.6. The first-order valence-corrected chi connectivity index (χ1v) is 7.37. The number of carbonyl (C=O) groups excluding carboxylic acids is 1. The van der Waals surface area contributed by atoms with Gasteiger partial charge in [-0.15, -0.1) is 0 Å². The van der Waals surface area contributed by atoms with Crippen molar-refractivity contribution in [1.29, 1.82) is 0 Å². The fraction of sp³-hybridized carbons (Fsp3) is 0.867. The molecule has 0 heterocycles. The second kappa shape index (κ2) is 6.92. The minimum Gasteiger partial charge on any atom is -0.480 e. The van der Waals surface area contributed by atoms with Crippen molar-refractivity contribution in [1.82, 2.24) is 4.90 Å². The number of nitrogens with zero attached hydrogens (tertiary/aromatic N) is 1. The maximum atomic E-state index is 12.6. The van der Waals surface area contributed by atoms with Crippen molar-refractivity contribution in [3.05, 3.63) is 0 Å². The Balaban J connectivity index is 2.82. The van der Waals surface area contributed by atoms with Crippen LogP contribution in [0.15, 0.2) is 0 Å². The zero-order chi connectivity index (χ0) is 14.6. The van der Waals surface area contributed by atoms with E-state index in [0.717, 1.165) is 12.8 Å². The third-order valence-electron chi connectivity index (χ3n) is 4.36. The van der Waals surface area contributed by atoms with Crippen LogP contribution in [0.1, 0.15) is 47.0 Å². The fourth-order valence-electron chi connectivity index (χ4n) is 3.23. The Bertz CT molecular complexity index is 327. The van der Waals surface area contributed by atoms with Crippen LogP contribution in [0.4, 0.5) is 0 Å². The van der Waals surface area contributed by atoms with Crippen LogP contribution in [-0.4, -0.2) is 35.0 Å². The van der Waals surface area contributed by atoms with Gasteiger partial charge in [0, 0.05) is 12.5 Å². The summed E-state index contributed by atoms with van der Waals surface area (Å²) < 4.78 is 0. The largest absolute Gasteiger partial charge is 0.480 e. The van der Waals surface area contributed by atoms with Crippen molar-refractivity contribution < 1.29 is 14.7 Å². The summed E-state index contributed by atoms with van der Waals surface area (Å²) in [7, 11) is 0. The Morgan fingerprint density at radius 2 is 1.95 bits per heavy atom. The molecule has 0 aromatic rings. The molecule has 3 unspecified atom stereocenters. The van der Waals surface area contributed by atoms with E-state index in [1.54, 1.807) is 0 Å². The van der Waals surface area contributed by atoms with Crippen LogP contribution < -0.4 is 0 Å². The average Bonchev–Trinajstić information content (AvgIpc) is 2.34. The van der Waals surface area contributed by atoms with Crippen LogP contribution >= 0.6 is 0 Å². The van der Waals surface area contributed by atoms with Crippen molar-refractivity contribution in [2.75, 3.05) is 13.1 Å². The van der Waals surface area contributed by atoms with Crippen molar-refractivity contribution in [3.63, 3.8) is 0 Å². The smallest absolute Gasteiger partial charge is 0.323 e. The number of amides is 1. The number of hydrogen-bond acceptors (Lipinski definition) is 2. The van der Waals surface area contributed by atoms with Gasteiger partial charge in [-0.3, -0.25) is 9.59 Å². The highest BCUT2D eigenvalue weighted by atomic mass is 16.4. The van der Waals surface area contributed by atoms with Gasteiger partial charge in [0.25, 0.3) is 0 Å². The number of likely N-dealkylation sites (N-methyl/N-ethyl adjacent to an activating group) is 1. The second-order valence-corrected chi connectivity index (χ2v) is 6.18. The molecular formula is C15H27NO3.